The maximum Gasteiger partial charge on any atom is 0.141 e. The van der Waals surface area contributed by atoms with Crippen molar-refractivity contribution in [2.24, 2.45) is 5.41 Å². The van der Waals surface area contributed by atoms with Crippen molar-refractivity contribution in [3.8, 4) is 11.3 Å². The Hall–Kier alpha value is -2.49. The number of hydrogen-bond acceptors (Lipinski definition) is 2. The maximum atomic E-state index is 13.0. The van der Waals surface area contributed by atoms with Crippen molar-refractivity contribution in [1.29, 1.82) is 0 Å². The van der Waals surface area contributed by atoms with E-state index in [-0.39, 0.29) is 11.2 Å². The number of hydrogen-bond donors (Lipinski definition) is 1. The van der Waals surface area contributed by atoms with Crippen molar-refractivity contribution in [3.05, 3.63) is 71.7 Å². The number of halogens is 1. The van der Waals surface area contributed by atoms with Crippen LogP contribution in [-0.2, 0) is 12.8 Å². The number of pyridine rings is 1. The van der Waals surface area contributed by atoms with Crippen molar-refractivity contribution in [1.82, 2.24) is 15.0 Å². The molecule has 0 aliphatic heterocycles. The second-order valence-electron chi connectivity index (χ2n) is 8.14. The summed E-state index contributed by atoms with van der Waals surface area (Å²) in [5.41, 5.74) is 4.44. The van der Waals surface area contributed by atoms with Gasteiger partial charge in [-0.25, -0.2) is 9.37 Å². The largest absolute Gasteiger partial charge is 0.348 e. The van der Waals surface area contributed by atoms with E-state index in [2.05, 4.69) is 49.8 Å². The van der Waals surface area contributed by atoms with Crippen molar-refractivity contribution in [2.75, 3.05) is 0 Å². The molecule has 3 aromatic rings. The number of aromatic nitrogens is 3. The summed E-state index contributed by atoms with van der Waals surface area (Å²) in [6.07, 6.45) is 6.35. The Morgan fingerprint density at radius 2 is 1.85 bits per heavy atom. The van der Waals surface area contributed by atoms with Crippen LogP contribution in [0, 0.1) is 11.2 Å². The van der Waals surface area contributed by atoms with Gasteiger partial charge in [-0.3, -0.25) is 4.98 Å². The first-order valence-corrected chi connectivity index (χ1v) is 9.61. The van der Waals surface area contributed by atoms with Crippen molar-refractivity contribution in [2.45, 2.75) is 52.9 Å². The first kappa shape index (κ1) is 19.3. The summed E-state index contributed by atoms with van der Waals surface area (Å²) in [6, 6.07) is 11.4. The molecule has 3 rings (SSSR count). The predicted molar refractivity (Wildman–Crippen MR) is 108 cm³/mol. The molecule has 0 aliphatic rings. The van der Waals surface area contributed by atoms with Crippen LogP contribution in [-0.4, -0.2) is 15.0 Å². The fourth-order valence-corrected chi connectivity index (χ4v) is 3.14. The van der Waals surface area contributed by atoms with Gasteiger partial charge in [0.1, 0.15) is 11.6 Å². The Kier molecular flexibility index (Phi) is 5.73. The molecule has 3 nitrogen and oxygen atoms in total. The van der Waals surface area contributed by atoms with Gasteiger partial charge in [-0.2, -0.15) is 0 Å². The number of nitrogens with one attached hydrogen (secondary N) is 1. The number of imidazole rings is 1. The van der Waals surface area contributed by atoms with Crippen LogP contribution in [0.5, 0.6) is 0 Å². The number of H-pyrrole nitrogens is 1. The van der Waals surface area contributed by atoms with E-state index in [1.165, 1.54) is 17.8 Å². The maximum absolute atomic E-state index is 13.0. The molecular weight excluding hydrogens is 337 g/mol. The lowest BCUT2D eigenvalue weighted by molar-refractivity contribution is 0.346. The molecule has 0 fully saturated rings. The van der Waals surface area contributed by atoms with E-state index in [0.29, 0.717) is 5.92 Å². The molecule has 2 heterocycles. The summed E-state index contributed by atoms with van der Waals surface area (Å²) in [5.74, 6) is 1.05. The summed E-state index contributed by atoms with van der Waals surface area (Å²) < 4.78 is 13.0. The van der Waals surface area contributed by atoms with Gasteiger partial charge in [-0.15, -0.1) is 0 Å². The average Bonchev–Trinajstić information content (AvgIpc) is 3.11. The standard InChI is InChI=1S/C23H28FN3/c1-5-23(3,4)13-20-15-26-22(27-20)16(2)12-17-6-8-18(9-7-17)21-11-10-19(24)14-25-21/h6-11,14-16H,5,12-13H2,1-4H3,(H,26,27). The number of aromatic amines is 1. The Morgan fingerprint density at radius 3 is 2.48 bits per heavy atom. The smallest absolute Gasteiger partial charge is 0.141 e. The highest BCUT2D eigenvalue weighted by Crippen LogP contribution is 2.26. The topological polar surface area (TPSA) is 41.6 Å². The highest BCUT2D eigenvalue weighted by atomic mass is 19.1. The average molecular weight is 365 g/mol. The zero-order valence-electron chi connectivity index (χ0n) is 16.6. The highest BCUT2D eigenvalue weighted by Gasteiger charge is 2.19. The van der Waals surface area contributed by atoms with E-state index >= 15 is 0 Å². The molecule has 27 heavy (non-hydrogen) atoms. The second kappa shape index (κ2) is 8.03. The fourth-order valence-electron chi connectivity index (χ4n) is 3.14. The zero-order chi connectivity index (χ0) is 19.4. The molecule has 0 bridgehead atoms. The summed E-state index contributed by atoms with van der Waals surface area (Å²) in [5, 5.41) is 0. The Bertz CT molecular complexity index is 863. The lowest BCUT2D eigenvalue weighted by atomic mass is 9.85. The van der Waals surface area contributed by atoms with Gasteiger partial charge in [0, 0.05) is 17.7 Å². The van der Waals surface area contributed by atoms with Gasteiger partial charge in [-0.1, -0.05) is 58.4 Å². The van der Waals surface area contributed by atoms with Gasteiger partial charge >= 0.3 is 0 Å². The molecule has 0 amide bonds. The second-order valence-corrected chi connectivity index (χ2v) is 8.14. The van der Waals surface area contributed by atoms with Crippen LogP contribution in [0.15, 0.2) is 48.8 Å². The number of benzene rings is 1. The summed E-state index contributed by atoms with van der Waals surface area (Å²) in [7, 11) is 0. The lowest BCUT2D eigenvalue weighted by Crippen LogP contribution is -2.13. The number of nitrogens with zero attached hydrogens (tertiary/aromatic N) is 2. The van der Waals surface area contributed by atoms with E-state index in [1.807, 2.05) is 18.3 Å². The molecule has 0 aliphatic carbocycles. The minimum Gasteiger partial charge on any atom is -0.348 e. The zero-order valence-corrected chi connectivity index (χ0v) is 16.6. The molecular formula is C23H28FN3. The third-order valence-electron chi connectivity index (χ3n) is 5.25. The molecule has 0 radical (unpaired) electrons. The van der Waals surface area contributed by atoms with Crippen LogP contribution in [0.2, 0.25) is 0 Å². The van der Waals surface area contributed by atoms with E-state index in [9.17, 15) is 4.39 Å². The van der Waals surface area contributed by atoms with Crippen LogP contribution >= 0.6 is 0 Å². The molecule has 0 saturated heterocycles. The van der Waals surface area contributed by atoms with E-state index in [0.717, 1.165) is 42.0 Å². The van der Waals surface area contributed by atoms with Gasteiger partial charge in [-0.05, 0) is 36.0 Å². The van der Waals surface area contributed by atoms with E-state index in [1.54, 1.807) is 6.07 Å². The van der Waals surface area contributed by atoms with Crippen LogP contribution in [0.4, 0.5) is 4.39 Å². The minimum absolute atomic E-state index is 0.278. The minimum atomic E-state index is -0.315. The van der Waals surface area contributed by atoms with Gasteiger partial charge in [0.2, 0.25) is 0 Å². The molecule has 0 saturated carbocycles. The summed E-state index contributed by atoms with van der Waals surface area (Å²) in [6.45, 7) is 8.98. The van der Waals surface area contributed by atoms with Gasteiger partial charge in [0.05, 0.1) is 17.6 Å². The van der Waals surface area contributed by atoms with Gasteiger partial charge in [0.25, 0.3) is 0 Å². The predicted octanol–water partition coefficient (Wildman–Crippen LogP) is 5.94. The van der Waals surface area contributed by atoms with Crippen LogP contribution < -0.4 is 0 Å². The quantitative estimate of drug-likeness (QED) is 0.563. The normalized spacial score (nSPS) is 12.9. The molecule has 1 aromatic carbocycles. The van der Waals surface area contributed by atoms with Crippen LogP contribution in [0.3, 0.4) is 0 Å². The Morgan fingerprint density at radius 1 is 1.11 bits per heavy atom. The first-order valence-electron chi connectivity index (χ1n) is 9.61. The number of rotatable bonds is 7. The Balaban J connectivity index is 1.65. The molecule has 142 valence electrons. The SMILES string of the molecule is CCC(C)(C)Cc1c[nH]c(C(C)Cc2ccc(-c3ccc(F)cn3)cc2)n1. The van der Waals surface area contributed by atoms with Crippen molar-refractivity contribution < 1.29 is 4.39 Å². The molecule has 4 heteroatoms. The third-order valence-corrected chi connectivity index (χ3v) is 5.25. The molecule has 1 N–H and O–H groups in total. The monoisotopic (exact) mass is 365 g/mol. The molecule has 0 spiro atoms. The summed E-state index contributed by atoms with van der Waals surface area (Å²) in [4.78, 5) is 12.3. The van der Waals surface area contributed by atoms with Crippen molar-refractivity contribution >= 4 is 0 Å². The van der Waals surface area contributed by atoms with Crippen molar-refractivity contribution in [3.63, 3.8) is 0 Å². The van der Waals surface area contributed by atoms with Gasteiger partial charge < -0.3 is 4.98 Å². The lowest BCUT2D eigenvalue weighted by Gasteiger charge is -2.20. The first-order chi connectivity index (χ1) is 12.9. The molecule has 1 unspecified atom stereocenters. The van der Waals surface area contributed by atoms with E-state index in [4.69, 9.17) is 4.98 Å². The Labute approximate surface area is 161 Å². The molecule has 1 atom stereocenters. The molecule has 2 aromatic heterocycles. The third kappa shape index (κ3) is 5.03. The van der Waals surface area contributed by atoms with E-state index < -0.39 is 0 Å². The summed E-state index contributed by atoms with van der Waals surface area (Å²) >= 11 is 0. The fraction of sp³-hybridized carbons (Fsp3) is 0.391. The van der Waals surface area contributed by atoms with Gasteiger partial charge in [0.15, 0.2) is 0 Å². The highest BCUT2D eigenvalue weighted by molar-refractivity contribution is 5.59. The van der Waals surface area contributed by atoms with Crippen LogP contribution in [0.25, 0.3) is 11.3 Å². The van der Waals surface area contributed by atoms with Crippen LogP contribution in [0.1, 0.15) is 57.1 Å².